The van der Waals surface area contributed by atoms with Gasteiger partial charge in [-0.25, -0.2) is 0 Å². The molecule has 2 N–H and O–H groups in total. The molecule has 0 heterocycles. The van der Waals surface area contributed by atoms with E-state index in [1.54, 1.807) is 11.8 Å². The van der Waals surface area contributed by atoms with Gasteiger partial charge in [0.1, 0.15) is 0 Å². The Labute approximate surface area is 145 Å². The van der Waals surface area contributed by atoms with E-state index in [4.69, 9.17) is 5.11 Å². The van der Waals surface area contributed by atoms with Crippen molar-refractivity contribution >= 4 is 11.9 Å². The molecule has 0 rings (SSSR count). The molecule has 1 unspecified atom stereocenters. The second kappa shape index (κ2) is 15.1. The fourth-order valence-electron chi connectivity index (χ4n) is 1.71. The minimum atomic E-state index is -0.905. The van der Waals surface area contributed by atoms with E-state index in [0.29, 0.717) is 19.4 Å². The summed E-state index contributed by atoms with van der Waals surface area (Å²) >= 11 is 0. The number of hydrogen-bond acceptors (Lipinski definition) is 5. The third kappa shape index (κ3) is 15.6. The number of aliphatic hydroxyl groups is 1. The van der Waals surface area contributed by atoms with Crippen LogP contribution in [0.25, 0.3) is 0 Å². The van der Waals surface area contributed by atoms with Crippen molar-refractivity contribution in [2.45, 2.75) is 52.1 Å². The molecule has 0 saturated carbocycles. The molecule has 0 aromatic rings. The van der Waals surface area contributed by atoms with Crippen LogP contribution in [0, 0.1) is 0 Å². The first-order valence-corrected chi connectivity index (χ1v) is 7.43. The summed E-state index contributed by atoms with van der Waals surface area (Å²) in [5.74, 6) is -1.10. The average molecular weight is 306 g/mol. The Hall–Kier alpha value is -0.803. The minimum absolute atomic E-state index is 0. The van der Waals surface area contributed by atoms with Crippen LogP contribution in [0.4, 0.5) is 0 Å². The fraction of sp³-hybridized carbons (Fsp3) is 0.733. The predicted molar refractivity (Wildman–Crippen MR) is 81.1 cm³/mol. The van der Waals surface area contributed by atoms with Gasteiger partial charge in [0.2, 0.25) is 0 Å². The van der Waals surface area contributed by atoms with Gasteiger partial charge < -0.3 is 15.3 Å². The van der Waals surface area contributed by atoms with Gasteiger partial charge >= 0.3 is 24.8 Å². The Morgan fingerprint density at radius 3 is 2.50 bits per heavy atom. The van der Waals surface area contributed by atoms with Crippen LogP contribution < -0.4 is 24.0 Å². The number of hydrogen-bond donors (Lipinski definition) is 2. The average Bonchev–Trinajstić information content (AvgIpc) is 2.41. The standard InChI is InChI=1S/C15H28N2O4.Li/c1-3-4-5-6-7-8-14(19)16-12-17(11-13(2)18)10-9-15(20)21;/h5-6,13,18H,3-4,7-12H2,1-2H3,(H,16,19)(H,20,21);/q;+1/p-1/b6-5+;. The second-order valence-electron chi connectivity index (χ2n) is 5.06. The molecule has 0 bridgehead atoms. The summed E-state index contributed by atoms with van der Waals surface area (Å²) in [5.41, 5.74) is 0. The molecular weight excluding hydrogens is 279 g/mol. The maximum absolute atomic E-state index is 11.6. The smallest absolute Gasteiger partial charge is 0.862 e. The molecule has 0 aromatic heterocycles. The third-order valence-corrected chi connectivity index (χ3v) is 2.76. The van der Waals surface area contributed by atoms with Crippen LogP contribution in [0.3, 0.4) is 0 Å². The van der Waals surface area contributed by atoms with Gasteiger partial charge in [0.15, 0.2) is 0 Å². The summed E-state index contributed by atoms with van der Waals surface area (Å²) in [4.78, 5) is 16.2. The van der Waals surface area contributed by atoms with Crippen molar-refractivity contribution < 1.29 is 39.0 Å². The van der Waals surface area contributed by atoms with Crippen molar-refractivity contribution in [1.82, 2.24) is 4.90 Å². The molecule has 0 spiro atoms. The molecule has 6 nitrogen and oxygen atoms in total. The quantitative estimate of drug-likeness (QED) is 0.188. The van der Waals surface area contributed by atoms with Crippen LogP contribution in [-0.2, 0) is 4.79 Å². The van der Waals surface area contributed by atoms with E-state index in [1.165, 1.54) is 0 Å². The zero-order chi connectivity index (χ0) is 16.1. The maximum Gasteiger partial charge on any atom is 1.00 e. The van der Waals surface area contributed by atoms with Gasteiger partial charge in [-0.15, -0.1) is 0 Å². The van der Waals surface area contributed by atoms with Crippen LogP contribution in [0.5, 0.6) is 0 Å². The van der Waals surface area contributed by atoms with Gasteiger partial charge in [0, 0.05) is 13.1 Å². The Bertz CT molecular complexity index is 346. The monoisotopic (exact) mass is 306 g/mol. The van der Waals surface area contributed by atoms with Gasteiger partial charge in [0.05, 0.1) is 19.2 Å². The van der Waals surface area contributed by atoms with Gasteiger partial charge in [0.25, 0.3) is 0 Å². The van der Waals surface area contributed by atoms with E-state index in [0.717, 1.165) is 12.8 Å². The zero-order valence-corrected chi connectivity index (χ0v) is 14.0. The summed E-state index contributed by atoms with van der Waals surface area (Å²) in [5, 5.41) is 29.6. The number of aliphatic imine (C=N–C) groups is 1. The SMILES string of the molecule is CCC/C=C/CCC([O-])=NCN(CCC(=O)O)CC(C)O.[Li+]. The summed E-state index contributed by atoms with van der Waals surface area (Å²) in [6.07, 6.45) is 6.57. The van der Waals surface area contributed by atoms with Crippen molar-refractivity contribution in [3.8, 4) is 0 Å². The molecule has 122 valence electrons. The summed E-state index contributed by atoms with van der Waals surface area (Å²) < 4.78 is 0. The van der Waals surface area contributed by atoms with E-state index in [-0.39, 0.29) is 44.4 Å². The molecule has 1 atom stereocenters. The number of carbonyl (C=O) groups is 1. The number of aliphatic hydroxyl groups excluding tert-OH is 1. The van der Waals surface area contributed by atoms with Gasteiger partial charge in [-0.3, -0.25) is 14.7 Å². The van der Waals surface area contributed by atoms with Gasteiger partial charge in [-0.05, 0) is 32.1 Å². The van der Waals surface area contributed by atoms with Crippen LogP contribution in [0.1, 0.15) is 46.0 Å². The van der Waals surface area contributed by atoms with E-state index < -0.39 is 12.1 Å². The zero-order valence-electron chi connectivity index (χ0n) is 14.0. The largest absolute Gasteiger partial charge is 1.00 e. The molecule has 7 heteroatoms. The van der Waals surface area contributed by atoms with Crippen molar-refractivity contribution in [2.24, 2.45) is 4.99 Å². The fourth-order valence-corrected chi connectivity index (χ4v) is 1.71. The first kappa shape index (κ1) is 23.5. The van der Waals surface area contributed by atoms with Crippen molar-refractivity contribution in [2.75, 3.05) is 19.8 Å². The van der Waals surface area contributed by atoms with Crippen LogP contribution in [0.15, 0.2) is 17.1 Å². The Kier molecular flexibility index (Phi) is 16.1. The van der Waals surface area contributed by atoms with Crippen LogP contribution in [0.2, 0.25) is 0 Å². The maximum atomic E-state index is 11.6. The molecule has 0 aromatic carbocycles. The van der Waals surface area contributed by atoms with Crippen LogP contribution >= 0.6 is 0 Å². The minimum Gasteiger partial charge on any atom is -0.862 e. The number of unbranched alkanes of at least 4 members (excludes halogenated alkanes) is 1. The van der Waals surface area contributed by atoms with E-state index in [1.807, 2.05) is 6.08 Å². The first-order chi connectivity index (χ1) is 9.95. The van der Waals surface area contributed by atoms with Gasteiger partial charge in [-0.2, -0.15) is 0 Å². The number of rotatable bonds is 12. The first-order valence-electron chi connectivity index (χ1n) is 7.43. The molecular formula is C15H27LiN2O4. The summed E-state index contributed by atoms with van der Waals surface area (Å²) in [7, 11) is 0. The molecule has 22 heavy (non-hydrogen) atoms. The van der Waals surface area contributed by atoms with E-state index >= 15 is 0 Å². The Morgan fingerprint density at radius 2 is 1.95 bits per heavy atom. The number of nitrogens with zero attached hydrogens (tertiary/aromatic N) is 2. The molecule has 0 fully saturated rings. The van der Waals surface area contributed by atoms with E-state index in [2.05, 4.69) is 18.0 Å². The van der Waals surface area contributed by atoms with Gasteiger partial charge in [-0.1, -0.05) is 25.5 Å². The number of carboxylic acids is 1. The van der Waals surface area contributed by atoms with Crippen molar-refractivity contribution in [3.63, 3.8) is 0 Å². The number of carboxylic acid groups (broad SMARTS) is 1. The number of allylic oxidation sites excluding steroid dienone is 2. The molecule has 0 aliphatic rings. The molecule has 0 saturated heterocycles. The van der Waals surface area contributed by atoms with Crippen LogP contribution in [-0.4, -0.2) is 52.8 Å². The molecule has 0 aliphatic heterocycles. The predicted octanol–water partition coefficient (Wildman–Crippen LogP) is -2.00. The topological polar surface area (TPSA) is 96.2 Å². The summed E-state index contributed by atoms with van der Waals surface area (Å²) in [6.45, 7) is 4.43. The second-order valence-corrected chi connectivity index (χ2v) is 5.06. The number of aliphatic carboxylic acids is 1. The van der Waals surface area contributed by atoms with E-state index in [9.17, 15) is 15.0 Å². The molecule has 0 aliphatic carbocycles. The van der Waals surface area contributed by atoms with Crippen molar-refractivity contribution in [1.29, 1.82) is 0 Å². The third-order valence-electron chi connectivity index (χ3n) is 2.76. The molecule has 0 radical (unpaired) electrons. The summed E-state index contributed by atoms with van der Waals surface area (Å²) in [6, 6.07) is 0. The Morgan fingerprint density at radius 1 is 1.32 bits per heavy atom. The Balaban J connectivity index is 0. The molecule has 0 amide bonds. The van der Waals surface area contributed by atoms with Crippen molar-refractivity contribution in [3.05, 3.63) is 12.2 Å². The normalized spacial score (nSPS) is 13.4.